The molecule has 0 saturated carbocycles. The summed E-state index contributed by atoms with van der Waals surface area (Å²) in [6, 6.07) is 1.24. The summed E-state index contributed by atoms with van der Waals surface area (Å²) in [4.78, 5) is 2.74. The largest absolute Gasteiger partial charge is 0.313 e. The molecule has 0 aliphatic carbocycles. The van der Waals surface area contributed by atoms with Crippen molar-refractivity contribution in [2.45, 2.75) is 80.3 Å². The van der Waals surface area contributed by atoms with Gasteiger partial charge in [0.15, 0.2) is 0 Å². The zero-order chi connectivity index (χ0) is 15.7. The lowest BCUT2D eigenvalue weighted by Crippen LogP contribution is -2.48. The predicted molar refractivity (Wildman–Crippen MR) is 92.2 cm³/mol. The van der Waals surface area contributed by atoms with Crippen molar-refractivity contribution in [3.63, 3.8) is 0 Å². The molecule has 122 valence electrons. The van der Waals surface area contributed by atoms with E-state index in [0.717, 1.165) is 18.4 Å². The summed E-state index contributed by atoms with van der Waals surface area (Å²) < 4.78 is 0. The summed E-state index contributed by atoms with van der Waals surface area (Å²) in [5.74, 6) is 2.30. The van der Waals surface area contributed by atoms with Gasteiger partial charge < -0.3 is 5.32 Å². The van der Waals surface area contributed by atoms with E-state index in [0.29, 0.717) is 18.0 Å². The minimum absolute atomic E-state index is 0.577. The van der Waals surface area contributed by atoms with Gasteiger partial charge in [-0.15, -0.1) is 0 Å². The molecule has 0 aliphatic heterocycles. The highest BCUT2D eigenvalue weighted by molar-refractivity contribution is 4.78. The summed E-state index contributed by atoms with van der Waals surface area (Å²) in [5, 5.41) is 3.64. The van der Waals surface area contributed by atoms with Crippen molar-refractivity contribution in [2.75, 3.05) is 19.6 Å². The van der Waals surface area contributed by atoms with Crippen molar-refractivity contribution < 1.29 is 0 Å². The molecule has 0 radical (unpaired) electrons. The molecule has 0 rings (SSSR count). The Kier molecular flexibility index (Phi) is 10.6. The topological polar surface area (TPSA) is 15.3 Å². The van der Waals surface area contributed by atoms with Gasteiger partial charge in [0.25, 0.3) is 0 Å². The van der Waals surface area contributed by atoms with Crippen LogP contribution in [-0.2, 0) is 0 Å². The van der Waals surface area contributed by atoms with Crippen LogP contribution in [-0.4, -0.2) is 36.6 Å². The fourth-order valence-electron chi connectivity index (χ4n) is 2.43. The molecule has 2 nitrogen and oxygen atoms in total. The number of rotatable bonds is 11. The van der Waals surface area contributed by atoms with Crippen molar-refractivity contribution in [1.29, 1.82) is 0 Å². The summed E-state index contributed by atoms with van der Waals surface area (Å²) in [5.41, 5.74) is 0. The maximum Gasteiger partial charge on any atom is 0.0243 e. The highest BCUT2D eigenvalue weighted by Crippen LogP contribution is 2.15. The van der Waals surface area contributed by atoms with E-state index in [4.69, 9.17) is 0 Å². The molecule has 0 fully saturated rings. The molecule has 1 atom stereocenters. The Balaban J connectivity index is 4.61. The SMILES string of the molecule is CC(C)CCN(CCC(C)C)C(CNC(C)C)C(C)C. The Morgan fingerprint density at radius 1 is 0.750 bits per heavy atom. The fraction of sp³-hybridized carbons (Fsp3) is 1.00. The van der Waals surface area contributed by atoms with Gasteiger partial charge in [-0.05, 0) is 43.7 Å². The van der Waals surface area contributed by atoms with Crippen molar-refractivity contribution in [1.82, 2.24) is 10.2 Å². The third-order valence-electron chi connectivity index (χ3n) is 3.96. The van der Waals surface area contributed by atoms with Crippen molar-refractivity contribution in [3.8, 4) is 0 Å². The van der Waals surface area contributed by atoms with Gasteiger partial charge in [-0.2, -0.15) is 0 Å². The van der Waals surface area contributed by atoms with Gasteiger partial charge in [0, 0.05) is 18.6 Å². The quantitative estimate of drug-likeness (QED) is 0.605. The molecular formula is C18H40N2. The number of hydrogen-bond donors (Lipinski definition) is 1. The first kappa shape index (κ1) is 19.9. The Hall–Kier alpha value is -0.0800. The van der Waals surface area contributed by atoms with Crippen LogP contribution < -0.4 is 5.32 Å². The molecule has 0 saturated heterocycles. The summed E-state index contributed by atoms with van der Waals surface area (Å²) in [7, 11) is 0. The fourth-order valence-corrected chi connectivity index (χ4v) is 2.43. The Labute approximate surface area is 128 Å². The summed E-state index contributed by atoms with van der Waals surface area (Å²) in [6.45, 7) is 22.1. The summed E-state index contributed by atoms with van der Waals surface area (Å²) in [6.07, 6.45) is 2.62. The minimum Gasteiger partial charge on any atom is -0.313 e. The maximum atomic E-state index is 3.64. The number of nitrogens with zero attached hydrogens (tertiary/aromatic N) is 1. The standard InChI is InChI=1S/C18H40N2/c1-14(2)9-11-20(12-10-15(3)4)18(16(5)6)13-19-17(7)8/h14-19H,9-13H2,1-8H3. The van der Waals surface area contributed by atoms with Crippen LogP contribution >= 0.6 is 0 Å². The molecular weight excluding hydrogens is 244 g/mol. The highest BCUT2D eigenvalue weighted by atomic mass is 15.2. The smallest absolute Gasteiger partial charge is 0.0243 e. The van der Waals surface area contributed by atoms with E-state index in [1.807, 2.05) is 0 Å². The third-order valence-corrected chi connectivity index (χ3v) is 3.96. The van der Waals surface area contributed by atoms with Gasteiger partial charge in [0.2, 0.25) is 0 Å². The van der Waals surface area contributed by atoms with Crippen LogP contribution in [0.15, 0.2) is 0 Å². The highest BCUT2D eigenvalue weighted by Gasteiger charge is 2.22. The first-order valence-corrected chi connectivity index (χ1v) is 8.71. The van der Waals surface area contributed by atoms with Gasteiger partial charge in [-0.25, -0.2) is 0 Å². The first-order valence-electron chi connectivity index (χ1n) is 8.71. The Bertz CT molecular complexity index is 209. The number of hydrogen-bond acceptors (Lipinski definition) is 2. The van der Waals surface area contributed by atoms with Gasteiger partial charge in [0.05, 0.1) is 0 Å². The lowest BCUT2D eigenvalue weighted by Gasteiger charge is -2.36. The van der Waals surface area contributed by atoms with Crippen LogP contribution in [0.3, 0.4) is 0 Å². The Morgan fingerprint density at radius 2 is 1.20 bits per heavy atom. The molecule has 0 aliphatic rings. The molecule has 0 aromatic carbocycles. The van der Waals surface area contributed by atoms with E-state index in [1.165, 1.54) is 25.9 Å². The normalized spacial score (nSPS) is 14.2. The third kappa shape index (κ3) is 9.77. The van der Waals surface area contributed by atoms with Gasteiger partial charge in [0.1, 0.15) is 0 Å². The Morgan fingerprint density at radius 3 is 1.50 bits per heavy atom. The van der Waals surface area contributed by atoms with Crippen molar-refractivity contribution in [2.24, 2.45) is 17.8 Å². The lowest BCUT2D eigenvalue weighted by atomic mass is 9.99. The van der Waals surface area contributed by atoms with Crippen molar-refractivity contribution >= 4 is 0 Å². The second-order valence-corrected chi connectivity index (χ2v) is 7.78. The maximum absolute atomic E-state index is 3.64. The minimum atomic E-state index is 0.577. The van der Waals surface area contributed by atoms with Gasteiger partial charge in [-0.1, -0.05) is 55.4 Å². The van der Waals surface area contributed by atoms with Crippen LogP contribution in [0.4, 0.5) is 0 Å². The molecule has 1 N–H and O–H groups in total. The summed E-state index contributed by atoms with van der Waals surface area (Å²) >= 11 is 0. The number of nitrogens with one attached hydrogen (secondary N) is 1. The van der Waals surface area contributed by atoms with E-state index in [9.17, 15) is 0 Å². The average Bonchev–Trinajstić information content (AvgIpc) is 2.30. The first-order chi connectivity index (χ1) is 9.23. The average molecular weight is 285 g/mol. The van der Waals surface area contributed by atoms with Gasteiger partial charge >= 0.3 is 0 Å². The van der Waals surface area contributed by atoms with E-state index in [2.05, 4.69) is 65.6 Å². The van der Waals surface area contributed by atoms with Crippen LogP contribution in [0.2, 0.25) is 0 Å². The van der Waals surface area contributed by atoms with Crippen LogP contribution in [0.5, 0.6) is 0 Å². The zero-order valence-electron chi connectivity index (χ0n) is 15.4. The molecule has 0 aromatic rings. The van der Waals surface area contributed by atoms with Crippen LogP contribution in [0.1, 0.15) is 68.2 Å². The molecule has 0 amide bonds. The molecule has 0 aromatic heterocycles. The van der Waals surface area contributed by atoms with E-state index in [1.54, 1.807) is 0 Å². The monoisotopic (exact) mass is 284 g/mol. The van der Waals surface area contributed by atoms with E-state index >= 15 is 0 Å². The van der Waals surface area contributed by atoms with Crippen molar-refractivity contribution in [3.05, 3.63) is 0 Å². The van der Waals surface area contributed by atoms with E-state index < -0.39 is 0 Å². The van der Waals surface area contributed by atoms with E-state index in [-0.39, 0.29) is 0 Å². The lowest BCUT2D eigenvalue weighted by molar-refractivity contribution is 0.135. The molecule has 1 unspecified atom stereocenters. The van der Waals surface area contributed by atoms with Gasteiger partial charge in [-0.3, -0.25) is 4.90 Å². The molecule has 20 heavy (non-hydrogen) atoms. The molecule has 2 heteroatoms. The zero-order valence-corrected chi connectivity index (χ0v) is 15.4. The second kappa shape index (κ2) is 10.6. The predicted octanol–water partition coefficient (Wildman–Crippen LogP) is 4.40. The molecule has 0 bridgehead atoms. The second-order valence-electron chi connectivity index (χ2n) is 7.78. The molecule has 0 heterocycles. The van der Waals surface area contributed by atoms with Crippen LogP contribution in [0, 0.1) is 17.8 Å². The molecule has 0 spiro atoms. The van der Waals surface area contributed by atoms with Crippen LogP contribution in [0.25, 0.3) is 0 Å².